The molecule has 1 aromatic rings. The van der Waals surface area contributed by atoms with Gasteiger partial charge in [0.15, 0.2) is 0 Å². The monoisotopic (exact) mass is 192 g/mol. The van der Waals surface area contributed by atoms with E-state index in [-0.39, 0.29) is 5.82 Å². The molecule has 0 spiro atoms. The highest BCUT2D eigenvalue weighted by atomic mass is 19.1. The van der Waals surface area contributed by atoms with Crippen molar-refractivity contribution in [3.05, 3.63) is 41.8 Å². The Morgan fingerprint density at radius 2 is 2.14 bits per heavy atom. The predicted molar refractivity (Wildman–Crippen MR) is 52.0 cm³/mol. The van der Waals surface area contributed by atoms with Crippen molar-refractivity contribution in [1.82, 2.24) is 10.7 Å². The molecule has 0 amide bonds. The lowest BCUT2D eigenvalue weighted by Gasteiger charge is -2.17. The second-order valence-electron chi connectivity index (χ2n) is 2.83. The minimum absolute atomic E-state index is 0.291. The summed E-state index contributed by atoms with van der Waals surface area (Å²) in [5, 5.41) is 4.92. The van der Waals surface area contributed by atoms with E-state index >= 15 is 0 Å². The fraction of sp³-hybridized carbons (Fsp3) is 0. The van der Waals surface area contributed by atoms with E-state index < -0.39 is 0 Å². The Labute approximate surface area is 80.5 Å². The standard InChI is InChI=1S/C9H9FN4/c10-9-4-2-1-3-8(9)7-5-12-13-14(11)6-7/h1-6,13H,11H2. The van der Waals surface area contributed by atoms with Gasteiger partial charge in [-0.15, -0.1) is 0 Å². The molecule has 0 bridgehead atoms. The smallest absolute Gasteiger partial charge is 0.131 e. The topological polar surface area (TPSA) is 53.6 Å². The fourth-order valence-electron chi connectivity index (χ4n) is 1.21. The largest absolute Gasteiger partial charge is 0.227 e. The van der Waals surface area contributed by atoms with Crippen LogP contribution in [0.1, 0.15) is 5.56 Å². The number of nitrogens with one attached hydrogen (secondary N) is 1. The van der Waals surface area contributed by atoms with E-state index in [4.69, 9.17) is 5.84 Å². The van der Waals surface area contributed by atoms with Gasteiger partial charge >= 0.3 is 0 Å². The number of hydrogen-bond donors (Lipinski definition) is 2. The molecule has 0 saturated heterocycles. The molecule has 0 aliphatic carbocycles. The predicted octanol–water partition coefficient (Wildman–Crippen LogP) is 0.846. The summed E-state index contributed by atoms with van der Waals surface area (Å²) in [6, 6.07) is 6.47. The van der Waals surface area contributed by atoms with E-state index in [0.717, 1.165) is 0 Å². The Bertz CT molecular complexity index is 400. The van der Waals surface area contributed by atoms with Crippen molar-refractivity contribution in [2.75, 3.05) is 0 Å². The van der Waals surface area contributed by atoms with Crippen molar-refractivity contribution in [3.8, 4) is 0 Å². The van der Waals surface area contributed by atoms with E-state index in [1.54, 1.807) is 24.4 Å². The van der Waals surface area contributed by atoms with Crippen molar-refractivity contribution in [1.29, 1.82) is 0 Å². The van der Waals surface area contributed by atoms with Crippen molar-refractivity contribution in [2.45, 2.75) is 0 Å². The van der Waals surface area contributed by atoms with Crippen molar-refractivity contribution in [2.24, 2.45) is 10.9 Å². The summed E-state index contributed by atoms with van der Waals surface area (Å²) >= 11 is 0. The quantitative estimate of drug-likeness (QED) is 0.648. The lowest BCUT2D eigenvalue weighted by atomic mass is 10.1. The van der Waals surface area contributed by atoms with Crippen LogP contribution in [0.4, 0.5) is 4.39 Å². The maximum atomic E-state index is 13.3. The second-order valence-corrected chi connectivity index (χ2v) is 2.83. The van der Waals surface area contributed by atoms with Crippen LogP contribution in [0.2, 0.25) is 0 Å². The van der Waals surface area contributed by atoms with Gasteiger partial charge in [-0.2, -0.15) is 5.10 Å². The van der Waals surface area contributed by atoms with Crippen LogP contribution in [-0.4, -0.2) is 11.3 Å². The summed E-state index contributed by atoms with van der Waals surface area (Å²) in [6.07, 6.45) is 3.08. The molecule has 3 N–H and O–H groups in total. The maximum Gasteiger partial charge on any atom is 0.131 e. The Kier molecular flexibility index (Phi) is 2.16. The molecule has 1 aromatic carbocycles. The molecule has 0 saturated carbocycles. The number of benzene rings is 1. The van der Waals surface area contributed by atoms with E-state index in [0.29, 0.717) is 11.1 Å². The third-order valence-electron chi connectivity index (χ3n) is 1.84. The summed E-state index contributed by atoms with van der Waals surface area (Å²) in [7, 11) is 0. The Hall–Kier alpha value is -1.88. The molecule has 1 heterocycles. The number of nitrogens with zero attached hydrogens (tertiary/aromatic N) is 2. The van der Waals surface area contributed by atoms with Gasteiger partial charge in [0.25, 0.3) is 0 Å². The van der Waals surface area contributed by atoms with Gasteiger partial charge < -0.3 is 0 Å². The fourth-order valence-corrected chi connectivity index (χ4v) is 1.21. The van der Waals surface area contributed by atoms with Gasteiger partial charge in [-0.25, -0.2) is 20.9 Å². The molecule has 0 aromatic heterocycles. The zero-order chi connectivity index (χ0) is 9.97. The van der Waals surface area contributed by atoms with Gasteiger partial charge in [0.05, 0.1) is 12.4 Å². The van der Waals surface area contributed by atoms with Gasteiger partial charge in [0.1, 0.15) is 5.82 Å². The molecular weight excluding hydrogens is 183 g/mol. The summed E-state index contributed by atoms with van der Waals surface area (Å²) < 4.78 is 13.3. The van der Waals surface area contributed by atoms with E-state index in [2.05, 4.69) is 10.6 Å². The molecule has 0 radical (unpaired) electrons. The zero-order valence-corrected chi connectivity index (χ0v) is 7.31. The van der Waals surface area contributed by atoms with Gasteiger partial charge in [-0.3, -0.25) is 0 Å². The first-order valence-corrected chi connectivity index (χ1v) is 4.07. The Morgan fingerprint density at radius 3 is 2.86 bits per heavy atom. The average Bonchev–Trinajstić information content (AvgIpc) is 2.18. The highest BCUT2D eigenvalue weighted by molar-refractivity contribution is 6.09. The third-order valence-corrected chi connectivity index (χ3v) is 1.84. The first-order chi connectivity index (χ1) is 6.77. The molecule has 0 atom stereocenters. The number of hydrogen-bond acceptors (Lipinski definition) is 4. The van der Waals surface area contributed by atoms with Crippen LogP contribution >= 0.6 is 0 Å². The van der Waals surface area contributed by atoms with Crippen LogP contribution in [-0.2, 0) is 0 Å². The van der Waals surface area contributed by atoms with Crippen LogP contribution < -0.4 is 11.4 Å². The van der Waals surface area contributed by atoms with Gasteiger partial charge in [0.2, 0.25) is 0 Å². The highest BCUT2D eigenvalue weighted by Gasteiger charge is 2.08. The molecule has 0 fully saturated rings. The lowest BCUT2D eigenvalue weighted by molar-refractivity contribution is 0.286. The molecule has 2 rings (SSSR count). The number of nitrogens with two attached hydrogens (primary N) is 1. The molecule has 4 nitrogen and oxygen atoms in total. The second kappa shape index (κ2) is 3.47. The molecule has 1 aliphatic rings. The van der Waals surface area contributed by atoms with Gasteiger partial charge in [-0.1, -0.05) is 18.2 Å². The number of rotatable bonds is 1. The number of halogens is 1. The molecule has 5 heteroatoms. The van der Waals surface area contributed by atoms with Crippen molar-refractivity contribution < 1.29 is 4.39 Å². The van der Waals surface area contributed by atoms with E-state index in [9.17, 15) is 4.39 Å². The summed E-state index contributed by atoms with van der Waals surface area (Å²) in [5.74, 6) is 5.13. The zero-order valence-electron chi connectivity index (χ0n) is 7.31. The third kappa shape index (κ3) is 1.57. The van der Waals surface area contributed by atoms with E-state index in [1.165, 1.54) is 17.4 Å². The number of hydrazone groups is 1. The van der Waals surface area contributed by atoms with Crippen LogP contribution in [0.15, 0.2) is 35.6 Å². The first kappa shape index (κ1) is 8.71. The average molecular weight is 192 g/mol. The Morgan fingerprint density at radius 1 is 1.36 bits per heavy atom. The van der Waals surface area contributed by atoms with Gasteiger partial charge in [0, 0.05) is 11.1 Å². The maximum absolute atomic E-state index is 13.3. The van der Waals surface area contributed by atoms with Crippen LogP contribution in [0.3, 0.4) is 0 Å². The van der Waals surface area contributed by atoms with Crippen LogP contribution in [0, 0.1) is 5.82 Å². The molecule has 0 unspecified atom stereocenters. The van der Waals surface area contributed by atoms with Crippen LogP contribution in [0.5, 0.6) is 0 Å². The minimum Gasteiger partial charge on any atom is -0.227 e. The summed E-state index contributed by atoms with van der Waals surface area (Å²) in [6.45, 7) is 0. The summed E-state index contributed by atoms with van der Waals surface area (Å²) in [4.78, 5) is 0. The van der Waals surface area contributed by atoms with Crippen molar-refractivity contribution in [3.63, 3.8) is 0 Å². The Balaban J connectivity index is 2.40. The molecule has 14 heavy (non-hydrogen) atoms. The first-order valence-electron chi connectivity index (χ1n) is 4.07. The van der Waals surface area contributed by atoms with Crippen molar-refractivity contribution >= 4 is 11.8 Å². The van der Waals surface area contributed by atoms with Crippen LogP contribution in [0.25, 0.3) is 5.57 Å². The normalized spacial score (nSPS) is 15.0. The molecule has 72 valence electrons. The number of allylic oxidation sites excluding steroid dienone is 1. The SMILES string of the molecule is NN1C=C(c2ccccc2F)C=NN1. The number of hydrazine groups is 2. The molecular formula is C9H9FN4. The minimum atomic E-state index is -0.291. The van der Waals surface area contributed by atoms with Gasteiger partial charge in [-0.05, 0) is 6.07 Å². The lowest BCUT2D eigenvalue weighted by Crippen LogP contribution is -2.38. The molecule has 1 aliphatic heterocycles. The highest BCUT2D eigenvalue weighted by Crippen LogP contribution is 2.17. The summed E-state index contributed by atoms with van der Waals surface area (Å²) in [5.41, 5.74) is 3.59. The van der Waals surface area contributed by atoms with E-state index in [1.807, 2.05) is 0 Å².